The second-order valence-electron chi connectivity index (χ2n) is 7.21. The maximum Gasteiger partial charge on any atom is 0.264 e. The first-order valence-corrected chi connectivity index (χ1v) is 11.5. The molecule has 0 radical (unpaired) electrons. The molecule has 3 aromatic rings. The van der Waals surface area contributed by atoms with Crippen molar-refractivity contribution >= 4 is 51.4 Å². The fraction of sp³-hybridized carbons (Fsp3) is 0.333. The summed E-state index contributed by atoms with van der Waals surface area (Å²) in [4.78, 5) is 17.4. The highest BCUT2D eigenvalue weighted by molar-refractivity contribution is 7.77. The summed E-state index contributed by atoms with van der Waals surface area (Å²) in [5.41, 5.74) is 2.35. The van der Waals surface area contributed by atoms with Gasteiger partial charge in [0.15, 0.2) is 0 Å². The number of amides is 1. The summed E-state index contributed by atoms with van der Waals surface area (Å²) in [7, 11) is 0. The number of hydrogen-bond donors (Lipinski definition) is 1. The van der Waals surface area contributed by atoms with Crippen molar-refractivity contribution in [1.82, 2.24) is 13.9 Å². The Balaban J connectivity index is 1.96. The molecule has 0 saturated heterocycles. The van der Waals surface area contributed by atoms with Crippen LogP contribution in [0.2, 0.25) is 10.0 Å². The monoisotopic (exact) mass is 482 g/mol. The molecule has 1 amide bonds. The minimum Gasteiger partial charge on any atom is -0.755 e. The molecular formula is C21H22Cl2N3O4S-. The summed E-state index contributed by atoms with van der Waals surface area (Å²) in [5.74, 6) is 0.00792. The normalized spacial score (nSPS) is 13.4. The number of benzene rings is 2. The van der Waals surface area contributed by atoms with E-state index in [1.807, 2.05) is 24.5 Å². The second-order valence-corrected chi connectivity index (χ2v) is 8.93. The van der Waals surface area contributed by atoms with Gasteiger partial charge in [0.1, 0.15) is 5.82 Å². The fourth-order valence-electron chi connectivity index (χ4n) is 3.37. The van der Waals surface area contributed by atoms with Gasteiger partial charge in [0.05, 0.1) is 41.5 Å². The van der Waals surface area contributed by atoms with Gasteiger partial charge < -0.3 is 14.2 Å². The SMILES string of the molecule is CCCC(O)CN(C(=O)c1ccc2nc(C)n(Cc3ccc(Cl)cc3Cl)c2c1)S(=O)[O-]. The minimum absolute atomic E-state index is 0.184. The molecule has 166 valence electrons. The summed E-state index contributed by atoms with van der Waals surface area (Å²) in [6.45, 7) is 3.82. The zero-order chi connectivity index (χ0) is 22.7. The zero-order valence-electron chi connectivity index (χ0n) is 17.0. The molecule has 0 aliphatic rings. The summed E-state index contributed by atoms with van der Waals surface area (Å²) < 4.78 is 25.8. The van der Waals surface area contributed by atoms with Crippen LogP contribution in [0.15, 0.2) is 36.4 Å². The van der Waals surface area contributed by atoms with Crippen LogP contribution in [-0.4, -0.2) is 46.3 Å². The minimum atomic E-state index is -2.81. The highest BCUT2D eigenvalue weighted by Crippen LogP contribution is 2.25. The number of aryl methyl sites for hydroxylation is 1. The van der Waals surface area contributed by atoms with Gasteiger partial charge >= 0.3 is 0 Å². The number of fused-ring (bicyclic) bond motifs is 1. The number of nitrogens with zero attached hydrogens (tertiary/aromatic N) is 3. The molecule has 2 atom stereocenters. The van der Waals surface area contributed by atoms with Crippen LogP contribution in [0.3, 0.4) is 0 Å². The Morgan fingerprint density at radius 1 is 1.29 bits per heavy atom. The van der Waals surface area contributed by atoms with Crippen molar-refractivity contribution in [1.29, 1.82) is 0 Å². The lowest BCUT2D eigenvalue weighted by molar-refractivity contribution is 0.0765. The number of rotatable bonds is 8. The van der Waals surface area contributed by atoms with E-state index < -0.39 is 23.3 Å². The van der Waals surface area contributed by atoms with Crippen LogP contribution in [-0.2, 0) is 17.8 Å². The van der Waals surface area contributed by atoms with Crippen molar-refractivity contribution in [3.63, 3.8) is 0 Å². The van der Waals surface area contributed by atoms with Crippen molar-refractivity contribution < 1.29 is 18.7 Å². The molecule has 7 nitrogen and oxygen atoms in total. The number of halogens is 2. The van der Waals surface area contributed by atoms with E-state index in [9.17, 15) is 18.7 Å². The molecule has 1 heterocycles. The number of carbonyl (C=O) groups is 1. The molecule has 2 aromatic carbocycles. The number of imidazole rings is 1. The van der Waals surface area contributed by atoms with E-state index in [1.165, 1.54) is 6.07 Å². The van der Waals surface area contributed by atoms with Crippen LogP contribution in [0.1, 0.15) is 41.5 Å². The van der Waals surface area contributed by atoms with Gasteiger partial charge in [-0.3, -0.25) is 13.3 Å². The summed E-state index contributed by atoms with van der Waals surface area (Å²) in [6, 6.07) is 10.0. The topological polar surface area (TPSA) is 98.5 Å². The molecule has 31 heavy (non-hydrogen) atoms. The number of aliphatic hydroxyl groups excluding tert-OH is 1. The highest BCUT2D eigenvalue weighted by Gasteiger charge is 2.21. The van der Waals surface area contributed by atoms with E-state index in [1.54, 1.807) is 24.3 Å². The summed E-state index contributed by atoms with van der Waals surface area (Å²) in [5, 5.41) is 11.0. The summed E-state index contributed by atoms with van der Waals surface area (Å²) in [6.07, 6.45) is 0.149. The molecule has 3 rings (SSSR count). The van der Waals surface area contributed by atoms with E-state index >= 15 is 0 Å². The van der Waals surface area contributed by atoms with Crippen LogP contribution >= 0.6 is 23.2 Å². The third kappa shape index (κ3) is 5.45. The van der Waals surface area contributed by atoms with E-state index in [2.05, 4.69) is 4.98 Å². The molecule has 10 heteroatoms. The molecule has 0 bridgehead atoms. The van der Waals surface area contributed by atoms with Crippen molar-refractivity contribution in [2.24, 2.45) is 0 Å². The smallest absolute Gasteiger partial charge is 0.264 e. The molecule has 0 aliphatic carbocycles. The first-order chi connectivity index (χ1) is 14.7. The first-order valence-electron chi connectivity index (χ1n) is 9.71. The first kappa shape index (κ1) is 23.7. The van der Waals surface area contributed by atoms with Gasteiger partial charge in [0.2, 0.25) is 0 Å². The Bertz CT molecular complexity index is 1140. The van der Waals surface area contributed by atoms with E-state index in [4.69, 9.17) is 23.2 Å². The molecule has 1 N–H and O–H groups in total. The Labute approximate surface area is 193 Å². The lowest BCUT2D eigenvalue weighted by Crippen LogP contribution is -2.38. The zero-order valence-corrected chi connectivity index (χ0v) is 19.4. The quantitative estimate of drug-likeness (QED) is 0.487. The van der Waals surface area contributed by atoms with Gasteiger partial charge in [-0.25, -0.2) is 4.98 Å². The standard InChI is InChI=1S/C21H23Cl2N3O4S/c1-3-4-17(27)12-26(31(29)30)21(28)14-6-8-19-20(9-14)25(13(2)24-19)11-15-5-7-16(22)10-18(15)23/h5-10,17,27H,3-4,11-12H2,1-2H3,(H,29,30)/p-1. The number of aromatic nitrogens is 2. The predicted octanol–water partition coefficient (Wildman–Crippen LogP) is 4.10. The van der Waals surface area contributed by atoms with Gasteiger partial charge in [-0.2, -0.15) is 0 Å². The van der Waals surface area contributed by atoms with Gasteiger partial charge in [-0.15, -0.1) is 0 Å². The molecule has 2 unspecified atom stereocenters. The molecule has 0 spiro atoms. The van der Waals surface area contributed by atoms with Crippen molar-refractivity contribution in [2.75, 3.05) is 6.54 Å². The molecule has 0 fully saturated rings. The van der Waals surface area contributed by atoms with Crippen molar-refractivity contribution in [3.8, 4) is 0 Å². The van der Waals surface area contributed by atoms with Crippen LogP contribution in [0.25, 0.3) is 11.0 Å². The second kappa shape index (κ2) is 10.1. The highest BCUT2D eigenvalue weighted by atomic mass is 35.5. The number of aliphatic hydroxyl groups is 1. The van der Waals surface area contributed by atoms with Crippen molar-refractivity contribution in [2.45, 2.75) is 39.3 Å². The van der Waals surface area contributed by atoms with Crippen molar-refractivity contribution in [3.05, 3.63) is 63.4 Å². The fourth-order valence-corrected chi connectivity index (χ4v) is 4.37. The number of hydrogen-bond acceptors (Lipinski definition) is 5. The van der Waals surface area contributed by atoms with Crippen LogP contribution in [0.4, 0.5) is 0 Å². The lowest BCUT2D eigenvalue weighted by Gasteiger charge is -2.26. The molecule has 0 saturated carbocycles. The summed E-state index contributed by atoms with van der Waals surface area (Å²) >= 11 is 9.48. The Kier molecular flexibility index (Phi) is 7.72. The van der Waals surface area contributed by atoms with Crippen LogP contribution < -0.4 is 0 Å². The van der Waals surface area contributed by atoms with E-state index in [0.717, 1.165) is 5.56 Å². The Hall–Kier alpha value is -1.97. The largest absolute Gasteiger partial charge is 0.755 e. The average molecular weight is 483 g/mol. The van der Waals surface area contributed by atoms with Gasteiger partial charge in [0.25, 0.3) is 5.91 Å². The van der Waals surface area contributed by atoms with E-state index in [-0.39, 0.29) is 12.1 Å². The van der Waals surface area contributed by atoms with Gasteiger partial charge in [0, 0.05) is 15.6 Å². The van der Waals surface area contributed by atoms with Gasteiger partial charge in [-0.1, -0.05) is 42.6 Å². The van der Waals surface area contributed by atoms with Crippen LogP contribution in [0, 0.1) is 6.92 Å². The maximum atomic E-state index is 12.9. The average Bonchev–Trinajstić information content (AvgIpc) is 3.02. The van der Waals surface area contributed by atoms with E-state index in [0.29, 0.717) is 50.6 Å². The third-order valence-electron chi connectivity index (χ3n) is 4.93. The van der Waals surface area contributed by atoms with Crippen LogP contribution in [0.5, 0.6) is 0 Å². The Morgan fingerprint density at radius 2 is 2.03 bits per heavy atom. The predicted molar refractivity (Wildman–Crippen MR) is 121 cm³/mol. The lowest BCUT2D eigenvalue weighted by atomic mass is 10.1. The molecule has 1 aromatic heterocycles. The number of carbonyl (C=O) groups excluding carboxylic acids is 1. The van der Waals surface area contributed by atoms with Gasteiger partial charge in [-0.05, 0) is 49.2 Å². The molecular weight excluding hydrogens is 461 g/mol. The molecule has 0 aliphatic heterocycles. The Morgan fingerprint density at radius 3 is 2.68 bits per heavy atom. The third-order valence-corrected chi connectivity index (χ3v) is 6.20. The maximum absolute atomic E-state index is 12.9.